The van der Waals surface area contributed by atoms with Gasteiger partial charge in [-0.15, -0.1) is 0 Å². The molecule has 30 heavy (non-hydrogen) atoms. The van der Waals surface area contributed by atoms with Crippen molar-refractivity contribution >= 4 is 5.57 Å². The van der Waals surface area contributed by atoms with Crippen LogP contribution in [0.4, 0.5) is 0 Å². The first-order chi connectivity index (χ1) is 14.5. The Morgan fingerprint density at radius 3 is 2.30 bits per heavy atom. The van der Waals surface area contributed by atoms with Crippen LogP contribution in [0.5, 0.6) is 5.75 Å². The van der Waals surface area contributed by atoms with Gasteiger partial charge in [-0.2, -0.15) is 0 Å². The standard InChI is InChI=1S/C26H34O4/c1-4-21(10-9-15-26(29,5-2)6-3)24-11-7-8-12-25(24)30-19-20-13-14-22(17-27)23(16-20)18-28/h7-16,27-29H,4-6,17-19H2,1-3H3/b15-9+,21-10+. The molecule has 0 aliphatic heterocycles. The normalized spacial score (nSPS) is 12.5. The molecule has 4 nitrogen and oxygen atoms in total. The molecule has 0 spiro atoms. The third-order valence-corrected chi connectivity index (χ3v) is 5.55. The highest BCUT2D eigenvalue weighted by Crippen LogP contribution is 2.29. The number of benzene rings is 2. The molecule has 0 amide bonds. The summed E-state index contributed by atoms with van der Waals surface area (Å²) in [5.74, 6) is 0.789. The van der Waals surface area contributed by atoms with E-state index >= 15 is 0 Å². The van der Waals surface area contributed by atoms with Gasteiger partial charge in [0, 0.05) is 5.56 Å². The predicted molar refractivity (Wildman–Crippen MR) is 122 cm³/mol. The molecule has 0 heterocycles. The number of para-hydroxylation sites is 1. The maximum atomic E-state index is 10.5. The molecule has 2 aromatic carbocycles. The van der Waals surface area contributed by atoms with Crippen LogP contribution in [-0.4, -0.2) is 20.9 Å². The van der Waals surface area contributed by atoms with E-state index in [0.717, 1.165) is 34.4 Å². The van der Waals surface area contributed by atoms with Gasteiger partial charge in [0.05, 0.1) is 18.8 Å². The Kier molecular flexibility index (Phi) is 9.31. The second-order valence-corrected chi connectivity index (χ2v) is 7.42. The highest BCUT2D eigenvalue weighted by atomic mass is 16.5. The smallest absolute Gasteiger partial charge is 0.127 e. The van der Waals surface area contributed by atoms with E-state index in [0.29, 0.717) is 25.0 Å². The lowest BCUT2D eigenvalue weighted by Crippen LogP contribution is -2.22. The van der Waals surface area contributed by atoms with Crippen molar-refractivity contribution in [2.45, 2.75) is 65.5 Å². The minimum Gasteiger partial charge on any atom is -0.488 e. The van der Waals surface area contributed by atoms with Crippen LogP contribution in [0.25, 0.3) is 5.57 Å². The highest BCUT2D eigenvalue weighted by Gasteiger charge is 2.17. The highest BCUT2D eigenvalue weighted by molar-refractivity contribution is 5.71. The second-order valence-electron chi connectivity index (χ2n) is 7.42. The molecule has 0 fully saturated rings. The molecule has 0 bridgehead atoms. The first-order valence-corrected chi connectivity index (χ1v) is 10.7. The molecule has 0 aliphatic rings. The van der Waals surface area contributed by atoms with Crippen molar-refractivity contribution in [3.05, 3.63) is 82.9 Å². The molecular formula is C26H34O4. The van der Waals surface area contributed by atoms with Gasteiger partial charge in [0.1, 0.15) is 12.4 Å². The minimum absolute atomic E-state index is 0.0940. The van der Waals surface area contributed by atoms with E-state index in [1.54, 1.807) is 0 Å². The molecule has 2 rings (SSSR count). The molecule has 0 aromatic heterocycles. The van der Waals surface area contributed by atoms with Gasteiger partial charge >= 0.3 is 0 Å². The van der Waals surface area contributed by atoms with Crippen LogP contribution < -0.4 is 4.74 Å². The van der Waals surface area contributed by atoms with E-state index in [1.165, 1.54) is 0 Å². The average molecular weight is 411 g/mol. The van der Waals surface area contributed by atoms with Crippen LogP contribution in [0.15, 0.2) is 60.7 Å². The zero-order chi connectivity index (χ0) is 22.0. The van der Waals surface area contributed by atoms with E-state index in [4.69, 9.17) is 4.74 Å². The van der Waals surface area contributed by atoms with Crippen molar-refractivity contribution in [3.63, 3.8) is 0 Å². The quantitative estimate of drug-likeness (QED) is 0.448. The zero-order valence-electron chi connectivity index (χ0n) is 18.3. The Morgan fingerprint density at radius 1 is 0.967 bits per heavy atom. The molecule has 2 aromatic rings. The van der Waals surface area contributed by atoms with Crippen molar-refractivity contribution in [2.75, 3.05) is 0 Å². The van der Waals surface area contributed by atoms with E-state index < -0.39 is 5.60 Å². The van der Waals surface area contributed by atoms with E-state index in [2.05, 4.69) is 6.92 Å². The fraction of sp³-hybridized carbons (Fsp3) is 0.385. The molecule has 0 unspecified atom stereocenters. The van der Waals surface area contributed by atoms with Crippen molar-refractivity contribution in [1.29, 1.82) is 0 Å². The molecule has 3 N–H and O–H groups in total. The topological polar surface area (TPSA) is 69.9 Å². The fourth-order valence-corrected chi connectivity index (χ4v) is 3.32. The average Bonchev–Trinajstić information content (AvgIpc) is 2.80. The SMILES string of the molecule is CC/C(=C\C=C\C(O)(CC)CC)c1ccccc1OCc1ccc(CO)c(CO)c1. The van der Waals surface area contributed by atoms with Gasteiger partial charge in [0.2, 0.25) is 0 Å². The van der Waals surface area contributed by atoms with Gasteiger partial charge in [0.15, 0.2) is 0 Å². The molecule has 0 atom stereocenters. The number of aliphatic hydroxyl groups is 3. The van der Waals surface area contributed by atoms with Crippen LogP contribution in [0.1, 0.15) is 62.3 Å². The number of allylic oxidation sites excluding steroid dienone is 3. The van der Waals surface area contributed by atoms with Gasteiger partial charge in [-0.25, -0.2) is 0 Å². The maximum absolute atomic E-state index is 10.5. The summed E-state index contributed by atoms with van der Waals surface area (Å²) in [7, 11) is 0. The summed E-state index contributed by atoms with van der Waals surface area (Å²) in [5, 5.41) is 29.3. The molecule has 4 heteroatoms. The Bertz CT molecular complexity index is 863. The largest absolute Gasteiger partial charge is 0.488 e. The van der Waals surface area contributed by atoms with Crippen molar-refractivity contribution in [3.8, 4) is 5.75 Å². The van der Waals surface area contributed by atoms with Gasteiger partial charge in [-0.3, -0.25) is 0 Å². The molecule has 162 valence electrons. The summed E-state index contributed by atoms with van der Waals surface area (Å²) >= 11 is 0. The third-order valence-electron chi connectivity index (χ3n) is 5.55. The lowest BCUT2D eigenvalue weighted by Gasteiger charge is -2.20. The van der Waals surface area contributed by atoms with Crippen LogP contribution in [-0.2, 0) is 19.8 Å². The summed E-state index contributed by atoms with van der Waals surface area (Å²) < 4.78 is 6.11. The first-order valence-electron chi connectivity index (χ1n) is 10.7. The van der Waals surface area contributed by atoms with Crippen LogP contribution in [0, 0.1) is 0 Å². The van der Waals surface area contributed by atoms with Crippen LogP contribution in [0.2, 0.25) is 0 Å². The Hall–Kier alpha value is -2.40. The molecular weight excluding hydrogens is 376 g/mol. The Balaban J connectivity index is 2.22. The zero-order valence-corrected chi connectivity index (χ0v) is 18.3. The van der Waals surface area contributed by atoms with E-state index in [-0.39, 0.29) is 13.2 Å². The summed E-state index contributed by atoms with van der Waals surface area (Å²) in [4.78, 5) is 0. The number of ether oxygens (including phenoxy) is 1. The number of hydrogen-bond donors (Lipinski definition) is 3. The van der Waals surface area contributed by atoms with Crippen LogP contribution in [0.3, 0.4) is 0 Å². The van der Waals surface area contributed by atoms with E-state index in [1.807, 2.05) is 74.5 Å². The van der Waals surface area contributed by atoms with Gasteiger partial charge in [-0.05, 0) is 53.7 Å². The maximum Gasteiger partial charge on any atom is 0.127 e. The molecule has 0 aliphatic carbocycles. The first kappa shape index (κ1) is 23.9. The number of hydrogen-bond acceptors (Lipinski definition) is 4. The Labute approximate surface area is 180 Å². The number of rotatable bonds is 11. The lowest BCUT2D eigenvalue weighted by atomic mass is 9.96. The molecule has 0 radical (unpaired) electrons. The second kappa shape index (κ2) is 11.7. The summed E-state index contributed by atoms with van der Waals surface area (Å²) in [6.45, 7) is 6.23. The van der Waals surface area contributed by atoms with Gasteiger partial charge in [-0.1, -0.05) is 69.3 Å². The molecule has 0 saturated carbocycles. The summed E-state index contributed by atoms with van der Waals surface area (Å²) in [6, 6.07) is 13.5. The predicted octanol–water partition coefficient (Wildman–Crippen LogP) is 5.15. The minimum atomic E-state index is -0.767. The van der Waals surface area contributed by atoms with Crippen molar-refractivity contribution in [1.82, 2.24) is 0 Å². The van der Waals surface area contributed by atoms with Crippen LogP contribution >= 0.6 is 0 Å². The Morgan fingerprint density at radius 2 is 1.67 bits per heavy atom. The lowest BCUT2D eigenvalue weighted by molar-refractivity contribution is 0.0828. The third kappa shape index (κ3) is 6.30. The van der Waals surface area contributed by atoms with Gasteiger partial charge in [0.25, 0.3) is 0 Å². The van der Waals surface area contributed by atoms with Crippen molar-refractivity contribution in [2.24, 2.45) is 0 Å². The summed E-state index contributed by atoms with van der Waals surface area (Å²) in [5.41, 5.74) is 3.76. The van der Waals surface area contributed by atoms with Crippen molar-refractivity contribution < 1.29 is 20.1 Å². The summed E-state index contributed by atoms with van der Waals surface area (Å²) in [6.07, 6.45) is 8.04. The monoisotopic (exact) mass is 410 g/mol. The van der Waals surface area contributed by atoms with E-state index in [9.17, 15) is 15.3 Å². The fourth-order valence-electron chi connectivity index (χ4n) is 3.32. The van der Waals surface area contributed by atoms with Gasteiger partial charge < -0.3 is 20.1 Å². The molecule has 0 saturated heterocycles. The number of aliphatic hydroxyl groups excluding tert-OH is 2.